The highest BCUT2D eigenvalue weighted by molar-refractivity contribution is 7.88. The van der Waals surface area contributed by atoms with Gasteiger partial charge in [-0.2, -0.15) is 0 Å². The molecule has 2 fully saturated rings. The van der Waals surface area contributed by atoms with Crippen molar-refractivity contribution in [3.05, 3.63) is 0 Å². The molecule has 5 heteroatoms. The molecule has 4 nitrogen and oxygen atoms in total. The molecule has 112 valence electrons. The molecule has 1 aliphatic carbocycles. The normalized spacial score (nSPS) is 36.5. The summed E-state index contributed by atoms with van der Waals surface area (Å²) in [6, 6.07) is 0. The van der Waals surface area contributed by atoms with Gasteiger partial charge in [0.15, 0.2) is 0 Å². The van der Waals surface area contributed by atoms with E-state index in [0.29, 0.717) is 19.0 Å². The van der Waals surface area contributed by atoms with Gasteiger partial charge >= 0.3 is 0 Å². The summed E-state index contributed by atoms with van der Waals surface area (Å²) < 4.78 is 24.8. The molecule has 2 atom stereocenters. The van der Waals surface area contributed by atoms with Gasteiger partial charge < -0.3 is 5.11 Å². The van der Waals surface area contributed by atoms with Gasteiger partial charge in [-0.1, -0.05) is 13.8 Å². The zero-order valence-corrected chi connectivity index (χ0v) is 13.2. The lowest BCUT2D eigenvalue weighted by molar-refractivity contribution is 0.00576. The maximum atomic E-state index is 11.6. The van der Waals surface area contributed by atoms with Gasteiger partial charge in [-0.25, -0.2) is 12.7 Å². The molecule has 2 rings (SSSR count). The summed E-state index contributed by atoms with van der Waals surface area (Å²) in [5, 5.41) is 10.7. The van der Waals surface area contributed by atoms with Crippen molar-refractivity contribution in [1.29, 1.82) is 0 Å². The zero-order chi connectivity index (χ0) is 14.3. The quantitative estimate of drug-likeness (QED) is 0.864. The van der Waals surface area contributed by atoms with E-state index in [0.717, 1.165) is 38.5 Å². The van der Waals surface area contributed by atoms with Crippen LogP contribution in [0.4, 0.5) is 0 Å². The summed E-state index contributed by atoms with van der Waals surface area (Å²) in [5.41, 5.74) is -0.353. The van der Waals surface area contributed by atoms with Crippen LogP contribution < -0.4 is 0 Å². The molecule has 2 aliphatic rings. The van der Waals surface area contributed by atoms with Crippen molar-refractivity contribution in [2.24, 2.45) is 11.3 Å². The lowest BCUT2D eigenvalue weighted by atomic mass is 9.82. The fourth-order valence-corrected chi connectivity index (χ4v) is 4.79. The van der Waals surface area contributed by atoms with Crippen molar-refractivity contribution >= 4 is 10.0 Å². The van der Waals surface area contributed by atoms with Crippen LogP contribution in [0.1, 0.15) is 52.4 Å². The minimum atomic E-state index is -3.08. The first-order valence-electron chi connectivity index (χ1n) is 7.27. The summed E-state index contributed by atoms with van der Waals surface area (Å²) in [6.45, 7) is 5.63. The van der Waals surface area contributed by atoms with E-state index in [9.17, 15) is 13.5 Å². The summed E-state index contributed by atoms with van der Waals surface area (Å²) in [7, 11) is -3.08. The van der Waals surface area contributed by atoms with E-state index in [1.807, 2.05) is 0 Å². The molecule has 0 spiro atoms. The first-order valence-corrected chi connectivity index (χ1v) is 9.12. The maximum Gasteiger partial charge on any atom is 0.211 e. The van der Waals surface area contributed by atoms with Crippen LogP contribution in [0.3, 0.4) is 0 Å². The Hall–Kier alpha value is -0.130. The zero-order valence-electron chi connectivity index (χ0n) is 12.4. The Morgan fingerprint density at radius 3 is 2.53 bits per heavy atom. The Morgan fingerprint density at radius 2 is 2.00 bits per heavy atom. The van der Waals surface area contributed by atoms with Crippen LogP contribution in [0, 0.1) is 11.3 Å². The monoisotopic (exact) mass is 289 g/mol. The van der Waals surface area contributed by atoms with Crippen molar-refractivity contribution in [2.45, 2.75) is 58.0 Å². The van der Waals surface area contributed by atoms with E-state index in [2.05, 4.69) is 13.8 Å². The van der Waals surface area contributed by atoms with Gasteiger partial charge in [0.2, 0.25) is 10.0 Å². The van der Waals surface area contributed by atoms with Gasteiger partial charge in [0.05, 0.1) is 11.9 Å². The van der Waals surface area contributed by atoms with E-state index in [1.165, 1.54) is 6.26 Å². The van der Waals surface area contributed by atoms with E-state index in [1.54, 1.807) is 4.31 Å². The van der Waals surface area contributed by atoms with Gasteiger partial charge in [-0.05, 0) is 49.9 Å². The molecule has 0 aromatic rings. The van der Waals surface area contributed by atoms with Crippen LogP contribution in [0.25, 0.3) is 0 Å². The molecule has 0 aromatic heterocycles. The standard InChI is InChI=1S/C14H27NO3S/c1-13(2)6-7-14(16,11-13)9-12-5-4-8-15(10-12)19(3,17)18/h12,16H,4-11H2,1-3H3. The second-order valence-electron chi connectivity index (χ2n) is 7.40. The van der Waals surface area contributed by atoms with Gasteiger partial charge in [-0.3, -0.25) is 0 Å². The molecule has 1 N–H and O–H groups in total. The SMILES string of the molecule is CC1(C)CCC(O)(CC2CCCN(S(C)(=O)=O)C2)C1. The lowest BCUT2D eigenvalue weighted by Crippen LogP contribution is -2.42. The van der Waals surface area contributed by atoms with Crippen molar-refractivity contribution < 1.29 is 13.5 Å². The third kappa shape index (κ3) is 3.92. The number of sulfonamides is 1. The smallest absolute Gasteiger partial charge is 0.211 e. The predicted octanol–water partition coefficient (Wildman–Crippen LogP) is 1.99. The first-order chi connectivity index (χ1) is 8.60. The molecule has 1 heterocycles. The number of hydrogen-bond acceptors (Lipinski definition) is 3. The highest BCUT2D eigenvalue weighted by atomic mass is 32.2. The van der Waals surface area contributed by atoms with Crippen molar-refractivity contribution in [2.75, 3.05) is 19.3 Å². The third-order valence-corrected chi connectivity index (χ3v) is 5.96. The fourth-order valence-electron chi connectivity index (χ4n) is 3.84. The van der Waals surface area contributed by atoms with Crippen LogP contribution >= 0.6 is 0 Å². The Labute approximate surface area is 117 Å². The molecule has 0 amide bonds. The molecule has 1 saturated carbocycles. The molecule has 19 heavy (non-hydrogen) atoms. The van der Waals surface area contributed by atoms with Crippen LogP contribution in [0.2, 0.25) is 0 Å². The topological polar surface area (TPSA) is 57.6 Å². The maximum absolute atomic E-state index is 11.6. The second-order valence-corrected chi connectivity index (χ2v) is 9.38. The van der Waals surface area contributed by atoms with Crippen LogP contribution in [-0.4, -0.2) is 42.8 Å². The molecule has 1 saturated heterocycles. The van der Waals surface area contributed by atoms with Crippen LogP contribution in [0.15, 0.2) is 0 Å². The molecular formula is C14H27NO3S. The first kappa shape index (κ1) is 15.3. The van der Waals surface area contributed by atoms with Crippen molar-refractivity contribution in [3.8, 4) is 0 Å². The molecule has 0 bridgehead atoms. The van der Waals surface area contributed by atoms with Crippen molar-refractivity contribution in [1.82, 2.24) is 4.31 Å². The second kappa shape index (κ2) is 5.01. The lowest BCUT2D eigenvalue weighted by Gasteiger charge is -2.35. The van der Waals surface area contributed by atoms with Crippen LogP contribution in [0.5, 0.6) is 0 Å². The number of hydrogen-bond donors (Lipinski definition) is 1. The molecule has 0 aromatic carbocycles. The third-order valence-electron chi connectivity index (χ3n) is 4.69. The summed E-state index contributed by atoms with van der Waals surface area (Å²) in [4.78, 5) is 0. The Kier molecular flexibility index (Phi) is 4.02. The van der Waals surface area contributed by atoms with E-state index >= 15 is 0 Å². The number of nitrogens with zero attached hydrogens (tertiary/aromatic N) is 1. The number of aliphatic hydroxyl groups is 1. The minimum Gasteiger partial charge on any atom is -0.390 e. The van der Waals surface area contributed by atoms with E-state index < -0.39 is 15.6 Å². The highest BCUT2D eigenvalue weighted by Crippen LogP contribution is 2.47. The van der Waals surface area contributed by atoms with Crippen LogP contribution in [-0.2, 0) is 10.0 Å². The summed E-state index contributed by atoms with van der Waals surface area (Å²) in [6.07, 6.45) is 6.74. The Balaban J connectivity index is 1.96. The van der Waals surface area contributed by atoms with Gasteiger partial charge in [0, 0.05) is 13.1 Å². The molecular weight excluding hydrogens is 262 g/mol. The fraction of sp³-hybridized carbons (Fsp3) is 1.00. The van der Waals surface area contributed by atoms with Gasteiger partial charge in [-0.15, -0.1) is 0 Å². The molecule has 1 aliphatic heterocycles. The van der Waals surface area contributed by atoms with E-state index in [4.69, 9.17) is 0 Å². The number of piperidine rings is 1. The van der Waals surface area contributed by atoms with Gasteiger partial charge in [0.25, 0.3) is 0 Å². The minimum absolute atomic E-state index is 0.222. The molecule has 0 radical (unpaired) electrons. The molecule has 2 unspecified atom stereocenters. The highest BCUT2D eigenvalue weighted by Gasteiger charge is 2.43. The Morgan fingerprint density at radius 1 is 1.32 bits per heavy atom. The summed E-state index contributed by atoms with van der Waals surface area (Å²) >= 11 is 0. The van der Waals surface area contributed by atoms with Crippen molar-refractivity contribution in [3.63, 3.8) is 0 Å². The predicted molar refractivity (Wildman–Crippen MR) is 76.3 cm³/mol. The number of rotatable bonds is 3. The average Bonchev–Trinajstić information content (AvgIpc) is 2.52. The summed E-state index contributed by atoms with van der Waals surface area (Å²) in [5.74, 6) is 0.308. The Bertz CT molecular complexity index is 432. The van der Waals surface area contributed by atoms with Gasteiger partial charge in [0.1, 0.15) is 0 Å². The largest absolute Gasteiger partial charge is 0.390 e. The average molecular weight is 289 g/mol. The van der Waals surface area contributed by atoms with E-state index in [-0.39, 0.29) is 5.41 Å².